The van der Waals surface area contributed by atoms with E-state index < -0.39 is 0 Å². The molecule has 0 amide bonds. The molecule has 2 aromatic heterocycles. The number of rotatable bonds is 3. The van der Waals surface area contributed by atoms with Gasteiger partial charge in [-0.2, -0.15) is 0 Å². The lowest BCUT2D eigenvalue weighted by Crippen LogP contribution is -2.30. The highest BCUT2D eigenvalue weighted by molar-refractivity contribution is 5.49. The molecule has 1 saturated carbocycles. The number of nitrogens with zero attached hydrogens (tertiary/aromatic N) is 6. The van der Waals surface area contributed by atoms with Crippen molar-refractivity contribution in [3.63, 3.8) is 0 Å². The lowest BCUT2D eigenvalue weighted by Gasteiger charge is -2.25. The number of hydrogen-bond donors (Lipinski definition) is 0. The monoisotopic (exact) mass is 364 g/mol. The van der Waals surface area contributed by atoms with E-state index in [9.17, 15) is 0 Å². The van der Waals surface area contributed by atoms with Crippen LogP contribution in [-0.2, 0) is 5.41 Å². The van der Waals surface area contributed by atoms with Crippen molar-refractivity contribution in [2.75, 3.05) is 36.0 Å². The van der Waals surface area contributed by atoms with Crippen molar-refractivity contribution in [2.45, 2.75) is 44.9 Å². The van der Waals surface area contributed by atoms with E-state index in [1.54, 1.807) is 6.33 Å². The third-order valence-electron chi connectivity index (χ3n) is 6.20. The maximum absolute atomic E-state index is 4.69. The molecule has 0 spiro atoms. The van der Waals surface area contributed by atoms with Gasteiger partial charge in [-0.3, -0.25) is 4.98 Å². The van der Waals surface area contributed by atoms with Crippen LogP contribution in [0.5, 0.6) is 0 Å². The molecule has 1 aliphatic carbocycles. The quantitative estimate of drug-likeness (QED) is 0.834. The first kappa shape index (κ1) is 16.9. The maximum atomic E-state index is 4.69. The Bertz CT molecular complexity index is 827. The second kappa shape index (κ2) is 6.14. The molecule has 142 valence electrons. The second-order valence-corrected chi connectivity index (χ2v) is 9.38. The molecule has 2 saturated heterocycles. The molecule has 0 bridgehead atoms. The van der Waals surface area contributed by atoms with Gasteiger partial charge < -0.3 is 9.80 Å². The number of anilines is 2. The molecular formula is C21H28N6. The van der Waals surface area contributed by atoms with Crippen LogP contribution in [0.3, 0.4) is 0 Å². The first-order valence-corrected chi connectivity index (χ1v) is 10.1. The van der Waals surface area contributed by atoms with Gasteiger partial charge in [0.25, 0.3) is 0 Å². The van der Waals surface area contributed by atoms with Gasteiger partial charge in [-0.25, -0.2) is 15.0 Å². The molecule has 6 heteroatoms. The Morgan fingerprint density at radius 1 is 0.852 bits per heavy atom. The van der Waals surface area contributed by atoms with E-state index in [1.165, 1.54) is 18.5 Å². The number of hydrogen-bond acceptors (Lipinski definition) is 6. The molecule has 3 fully saturated rings. The maximum Gasteiger partial charge on any atom is 0.150 e. The Kier molecular flexibility index (Phi) is 3.85. The van der Waals surface area contributed by atoms with Crippen molar-refractivity contribution in [2.24, 2.45) is 11.8 Å². The molecule has 2 aromatic rings. The molecule has 2 unspecified atom stereocenters. The highest BCUT2D eigenvalue weighted by Gasteiger charge is 2.42. The SMILES string of the molecule is CC(C)(C)c1cc(N2CC3CN(c4nccnc4C4CC4)CC3C2)ncn1. The molecule has 27 heavy (non-hydrogen) atoms. The van der Waals surface area contributed by atoms with Gasteiger partial charge in [0, 0.05) is 67.8 Å². The molecule has 2 aliphatic heterocycles. The van der Waals surface area contributed by atoms with Crippen LogP contribution in [0, 0.1) is 11.8 Å². The summed E-state index contributed by atoms with van der Waals surface area (Å²) in [6, 6.07) is 2.17. The van der Waals surface area contributed by atoms with Crippen LogP contribution in [0.4, 0.5) is 11.6 Å². The Morgan fingerprint density at radius 2 is 1.52 bits per heavy atom. The van der Waals surface area contributed by atoms with Crippen LogP contribution >= 0.6 is 0 Å². The molecule has 0 radical (unpaired) electrons. The summed E-state index contributed by atoms with van der Waals surface area (Å²) in [7, 11) is 0. The molecule has 0 N–H and O–H groups in total. The number of fused-ring (bicyclic) bond motifs is 1. The van der Waals surface area contributed by atoms with Crippen molar-refractivity contribution in [1.29, 1.82) is 0 Å². The first-order valence-electron chi connectivity index (χ1n) is 10.1. The number of aromatic nitrogens is 4. The topological polar surface area (TPSA) is 58.0 Å². The van der Waals surface area contributed by atoms with Gasteiger partial charge in [0.1, 0.15) is 12.1 Å². The zero-order chi connectivity index (χ0) is 18.6. The minimum Gasteiger partial charge on any atom is -0.356 e. The molecular weight excluding hydrogens is 336 g/mol. The average molecular weight is 364 g/mol. The van der Waals surface area contributed by atoms with Crippen LogP contribution in [-0.4, -0.2) is 46.1 Å². The van der Waals surface area contributed by atoms with E-state index in [1.807, 2.05) is 12.4 Å². The zero-order valence-electron chi connectivity index (χ0n) is 16.5. The summed E-state index contributed by atoms with van der Waals surface area (Å²) >= 11 is 0. The van der Waals surface area contributed by atoms with E-state index in [-0.39, 0.29) is 5.41 Å². The Balaban J connectivity index is 1.30. The van der Waals surface area contributed by atoms with Crippen LogP contribution < -0.4 is 9.80 Å². The Morgan fingerprint density at radius 3 is 2.19 bits per heavy atom. The van der Waals surface area contributed by atoms with Gasteiger partial charge >= 0.3 is 0 Å². The van der Waals surface area contributed by atoms with E-state index in [4.69, 9.17) is 4.98 Å². The van der Waals surface area contributed by atoms with Crippen LogP contribution in [0.1, 0.15) is 50.9 Å². The van der Waals surface area contributed by atoms with Crippen LogP contribution in [0.2, 0.25) is 0 Å². The summed E-state index contributed by atoms with van der Waals surface area (Å²) in [5, 5.41) is 0. The third-order valence-corrected chi connectivity index (χ3v) is 6.20. The van der Waals surface area contributed by atoms with Crippen molar-refractivity contribution in [3.8, 4) is 0 Å². The summed E-state index contributed by atoms with van der Waals surface area (Å²) in [6.45, 7) is 10.9. The molecule has 0 aromatic carbocycles. The zero-order valence-corrected chi connectivity index (χ0v) is 16.5. The molecule has 4 heterocycles. The van der Waals surface area contributed by atoms with Gasteiger partial charge in [0.05, 0.1) is 11.4 Å². The van der Waals surface area contributed by atoms with Crippen LogP contribution in [0.25, 0.3) is 0 Å². The summed E-state index contributed by atoms with van der Waals surface area (Å²) < 4.78 is 0. The van der Waals surface area contributed by atoms with Crippen LogP contribution in [0.15, 0.2) is 24.8 Å². The van der Waals surface area contributed by atoms with E-state index in [0.717, 1.165) is 43.5 Å². The fourth-order valence-corrected chi connectivity index (χ4v) is 4.51. The van der Waals surface area contributed by atoms with Gasteiger partial charge in [0.15, 0.2) is 5.82 Å². The van der Waals surface area contributed by atoms with Crippen molar-refractivity contribution >= 4 is 11.6 Å². The average Bonchev–Trinajstić information content (AvgIpc) is 3.31. The predicted octanol–water partition coefficient (Wildman–Crippen LogP) is 3.01. The highest BCUT2D eigenvalue weighted by Crippen LogP contribution is 2.44. The molecule has 2 atom stereocenters. The van der Waals surface area contributed by atoms with E-state index >= 15 is 0 Å². The van der Waals surface area contributed by atoms with Crippen molar-refractivity contribution in [3.05, 3.63) is 36.2 Å². The smallest absolute Gasteiger partial charge is 0.150 e. The van der Waals surface area contributed by atoms with Gasteiger partial charge in [-0.1, -0.05) is 20.8 Å². The van der Waals surface area contributed by atoms with Gasteiger partial charge in [-0.05, 0) is 12.8 Å². The molecule has 3 aliphatic rings. The first-order chi connectivity index (χ1) is 13.0. The Labute approximate surface area is 161 Å². The minimum absolute atomic E-state index is 0.0509. The second-order valence-electron chi connectivity index (χ2n) is 9.38. The summed E-state index contributed by atoms with van der Waals surface area (Å²) in [6.07, 6.45) is 7.94. The summed E-state index contributed by atoms with van der Waals surface area (Å²) in [4.78, 5) is 23.3. The van der Waals surface area contributed by atoms with Gasteiger partial charge in [-0.15, -0.1) is 0 Å². The third kappa shape index (κ3) is 3.15. The molecule has 6 nitrogen and oxygen atoms in total. The van der Waals surface area contributed by atoms with Gasteiger partial charge in [0.2, 0.25) is 0 Å². The van der Waals surface area contributed by atoms with Crippen molar-refractivity contribution < 1.29 is 0 Å². The summed E-state index contributed by atoms with van der Waals surface area (Å²) in [5.41, 5.74) is 2.38. The van der Waals surface area contributed by atoms with E-state index in [2.05, 4.69) is 51.6 Å². The predicted molar refractivity (Wildman–Crippen MR) is 106 cm³/mol. The minimum atomic E-state index is 0.0509. The molecule has 5 rings (SSSR count). The normalized spacial score (nSPS) is 25.1. The fourth-order valence-electron chi connectivity index (χ4n) is 4.51. The van der Waals surface area contributed by atoms with E-state index in [0.29, 0.717) is 17.8 Å². The van der Waals surface area contributed by atoms with Crippen molar-refractivity contribution in [1.82, 2.24) is 19.9 Å². The summed E-state index contributed by atoms with van der Waals surface area (Å²) in [5.74, 6) is 4.20. The standard InChI is InChI=1S/C21H28N6/c1-21(2,3)17-8-18(25-13-24-17)26-9-15-11-27(12-16(15)10-26)20-19(14-4-5-14)22-6-7-23-20/h6-8,13-16H,4-5,9-12H2,1-3H3. The lowest BCUT2D eigenvalue weighted by atomic mass is 9.92. The lowest BCUT2D eigenvalue weighted by molar-refractivity contribution is 0.533. The fraction of sp³-hybridized carbons (Fsp3) is 0.619. The Hall–Kier alpha value is -2.24. The largest absolute Gasteiger partial charge is 0.356 e. The highest BCUT2D eigenvalue weighted by atomic mass is 15.3.